The van der Waals surface area contributed by atoms with E-state index in [0.29, 0.717) is 12.6 Å². The van der Waals surface area contributed by atoms with Crippen LogP contribution in [-0.4, -0.2) is 39.3 Å². The molecule has 6 heteroatoms. The monoisotopic (exact) mass is 291 g/mol. The SMILES string of the molecule is O=c1oc(-c2ccccc2)nn1CN1CCCSCC1. The summed E-state index contributed by atoms with van der Waals surface area (Å²) in [5.41, 5.74) is 0.828. The van der Waals surface area contributed by atoms with Crippen molar-refractivity contribution in [3.63, 3.8) is 0 Å². The fourth-order valence-corrected chi connectivity index (χ4v) is 3.15. The molecule has 0 aliphatic carbocycles. The molecule has 106 valence electrons. The Labute approximate surface area is 121 Å². The van der Waals surface area contributed by atoms with Gasteiger partial charge >= 0.3 is 5.76 Å². The van der Waals surface area contributed by atoms with Gasteiger partial charge in [-0.2, -0.15) is 16.4 Å². The first-order valence-electron chi connectivity index (χ1n) is 6.76. The Morgan fingerprint density at radius 3 is 2.90 bits per heavy atom. The Balaban J connectivity index is 1.77. The van der Waals surface area contributed by atoms with Crippen molar-refractivity contribution in [1.82, 2.24) is 14.7 Å². The summed E-state index contributed by atoms with van der Waals surface area (Å²) in [5, 5.41) is 4.29. The quantitative estimate of drug-likeness (QED) is 0.864. The molecular weight excluding hydrogens is 274 g/mol. The van der Waals surface area contributed by atoms with E-state index < -0.39 is 0 Å². The average Bonchev–Trinajstić information content (AvgIpc) is 2.68. The predicted molar refractivity (Wildman–Crippen MR) is 79.7 cm³/mol. The van der Waals surface area contributed by atoms with Gasteiger partial charge in [-0.15, -0.1) is 5.10 Å². The molecule has 3 rings (SSSR count). The second-order valence-electron chi connectivity index (χ2n) is 4.76. The van der Waals surface area contributed by atoms with Gasteiger partial charge in [0.1, 0.15) is 6.67 Å². The maximum absolute atomic E-state index is 11.9. The summed E-state index contributed by atoms with van der Waals surface area (Å²) in [5.74, 6) is 2.30. The highest BCUT2D eigenvalue weighted by atomic mass is 32.2. The number of rotatable bonds is 3. The van der Waals surface area contributed by atoms with Crippen molar-refractivity contribution in [2.75, 3.05) is 24.6 Å². The molecular formula is C14H17N3O2S. The highest BCUT2D eigenvalue weighted by Crippen LogP contribution is 2.15. The summed E-state index contributed by atoms with van der Waals surface area (Å²) in [6.45, 7) is 2.51. The first-order chi connectivity index (χ1) is 9.83. The minimum absolute atomic E-state index is 0.388. The van der Waals surface area contributed by atoms with E-state index in [1.165, 1.54) is 10.4 Å². The van der Waals surface area contributed by atoms with E-state index >= 15 is 0 Å². The van der Waals surface area contributed by atoms with Crippen molar-refractivity contribution >= 4 is 11.8 Å². The molecule has 1 aliphatic rings. The van der Waals surface area contributed by atoms with E-state index in [-0.39, 0.29) is 5.76 Å². The topological polar surface area (TPSA) is 51.3 Å². The highest BCUT2D eigenvalue weighted by molar-refractivity contribution is 7.99. The van der Waals surface area contributed by atoms with E-state index in [0.717, 1.165) is 30.8 Å². The van der Waals surface area contributed by atoms with Crippen molar-refractivity contribution < 1.29 is 4.42 Å². The Kier molecular flexibility index (Phi) is 4.22. The molecule has 0 bridgehead atoms. The molecule has 20 heavy (non-hydrogen) atoms. The molecule has 0 unspecified atom stereocenters. The van der Waals surface area contributed by atoms with Crippen LogP contribution >= 0.6 is 11.8 Å². The fraction of sp³-hybridized carbons (Fsp3) is 0.429. The van der Waals surface area contributed by atoms with Gasteiger partial charge in [-0.1, -0.05) is 18.2 Å². The zero-order chi connectivity index (χ0) is 13.8. The van der Waals surface area contributed by atoms with Crippen LogP contribution in [0.15, 0.2) is 39.5 Å². The number of benzene rings is 1. The summed E-state index contributed by atoms with van der Waals surface area (Å²) >= 11 is 1.96. The summed E-state index contributed by atoms with van der Waals surface area (Å²) in [4.78, 5) is 14.1. The van der Waals surface area contributed by atoms with Crippen molar-refractivity contribution in [2.45, 2.75) is 13.1 Å². The van der Waals surface area contributed by atoms with Crippen LogP contribution < -0.4 is 5.76 Å². The lowest BCUT2D eigenvalue weighted by atomic mass is 10.2. The summed E-state index contributed by atoms with van der Waals surface area (Å²) in [7, 11) is 0. The fourth-order valence-electron chi connectivity index (χ4n) is 2.22. The van der Waals surface area contributed by atoms with E-state index in [1.54, 1.807) is 0 Å². The van der Waals surface area contributed by atoms with Crippen LogP contribution in [0.1, 0.15) is 6.42 Å². The Hall–Kier alpha value is -1.53. The number of hydrogen-bond acceptors (Lipinski definition) is 5. The van der Waals surface area contributed by atoms with Crippen molar-refractivity contribution in [3.8, 4) is 11.5 Å². The second kappa shape index (κ2) is 6.28. The van der Waals surface area contributed by atoms with Crippen LogP contribution in [0.4, 0.5) is 0 Å². The molecule has 2 aromatic rings. The second-order valence-corrected chi connectivity index (χ2v) is 5.99. The van der Waals surface area contributed by atoms with Gasteiger partial charge in [0.2, 0.25) is 5.89 Å². The molecule has 5 nitrogen and oxygen atoms in total. The molecule has 0 saturated carbocycles. The number of thioether (sulfide) groups is 1. The van der Waals surface area contributed by atoms with Crippen molar-refractivity contribution in [2.24, 2.45) is 0 Å². The Morgan fingerprint density at radius 2 is 2.05 bits per heavy atom. The maximum atomic E-state index is 11.9. The van der Waals surface area contributed by atoms with Crippen LogP contribution in [0.5, 0.6) is 0 Å². The number of nitrogens with zero attached hydrogens (tertiary/aromatic N) is 3. The van der Waals surface area contributed by atoms with Gasteiger partial charge in [0.25, 0.3) is 0 Å². The van der Waals surface area contributed by atoms with Gasteiger partial charge < -0.3 is 4.42 Å². The van der Waals surface area contributed by atoms with Gasteiger partial charge in [-0.25, -0.2) is 4.79 Å². The van der Waals surface area contributed by atoms with Gasteiger partial charge in [-0.05, 0) is 24.3 Å². The largest absolute Gasteiger partial charge is 0.438 e. The molecule has 1 aliphatic heterocycles. The average molecular weight is 291 g/mol. The predicted octanol–water partition coefficient (Wildman–Crippen LogP) is 1.90. The third-order valence-corrected chi connectivity index (χ3v) is 4.32. The molecule has 0 amide bonds. The molecule has 2 heterocycles. The maximum Gasteiger partial charge on any atom is 0.438 e. The standard InChI is InChI=1S/C14H17N3O2S/c18-14-17(11-16-7-4-9-20-10-8-16)15-13(19-14)12-5-2-1-3-6-12/h1-3,5-6H,4,7-11H2. The molecule has 0 radical (unpaired) electrons. The van der Waals surface area contributed by atoms with E-state index in [1.807, 2.05) is 42.1 Å². The lowest BCUT2D eigenvalue weighted by Crippen LogP contribution is -2.32. The van der Waals surface area contributed by atoms with Crippen LogP contribution in [0.2, 0.25) is 0 Å². The van der Waals surface area contributed by atoms with Crippen LogP contribution in [0.25, 0.3) is 11.5 Å². The molecule has 1 aromatic heterocycles. The smallest absolute Gasteiger partial charge is 0.388 e. The molecule has 0 N–H and O–H groups in total. The third-order valence-electron chi connectivity index (χ3n) is 3.28. The Bertz CT molecular complexity index is 600. The zero-order valence-electron chi connectivity index (χ0n) is 11.2. The van der Waals surface area contributed by atoms with Crippen LogP contribution in [0, 0.1) is 0 Å². The first kappa shape index (κ1) is 13.5. The van der Waals surface area contributed by atoms with E-state index in [2.05, 4.69) is 10.00 Å². The van der Waals surface area contributed by atoms with Gasteiger partial charge in [-0.3, -0.25) is 4.90 Å². The lowest BCUT2D eigenvalue weighted by molar-refractivity contribution is 0.215. The molecule has 1 aromatic carbocycles. The minimum Gasteiger partial charge on any atom is -0.388 e. The molecule has 1 saturated heterocycles. The summed E-state index contributed by atoms with van der Waals surface area (Å²) in [6, 6.07) is 9.50. The normalized spacial score (nSPS) is 17.0. The Morgan fingerprint density at radius 1 is 1.20 bits per heavy atom. The van der Waals surface area contributed by atoms with E-state index in [4.69, 9.17) is 4.42 Å². The first-order valence-corrected chi connectivity index (χ1v) is 7.92. The molecule has 0 spiro atoms. The van der Waals surface area contributed by atoms with Crippen molar-refractivity contribution in [1.29, 1.82) is 0 Å². The van der Waals surface area contributed by atoms with Gasteiger partial charge in [0.15, 0.2) is 0 Å². The van der Waals surface area contributed by atoms with Crippen LogP contribution in [-0.2, 0) is 6.67 Å². The molecule has 0 atom stereocenters. The van der Waals surface area contributed by atoms with E-state index in [9.17, 15) is 4.79 Å². The molecule has 1 fully saturated rings. The number of aromatic nitrogens is 2. The zero-order valence-corrected chi connectivity index (χ0v) is 12.0. The van der Waals surface area contributed by atoms with Crippen molar-refractivity contribution in [3.05, 3.63) is 40.9 Å². The third kappa shape index (κ3) is 3.13. The lowest BCUT2D eigenvalue weighted by Gasteiger charge is -2.17. The van der Waals surface area contributed by atoms with Gasteiger partial charge in [0.05, 0.1) is 0 Å². The highest BCUT2D eigenvalue weighted by Gasteiger charge is 2.14. The minimum atomic E-state index is -0.388. The number of hydrogen-bond donors (Lipinski definition) is 0. The summed E-state index contributed by atoms with van der Waals surface area (Å²) < 4.78 is 6.65. The van der Waals surface area contributed by atoms with Gasteiger partial charge in [0, 0.05) is 24.4 Å². The van der Waals surface area contributed by atoms with Crippen LogP contribution in [0.3, 0.4) is 0 Å². The summed E-state index contributed by atoms with van der Waals surface area (Å²) in [6.07, 6.45) is 1.16.